The summed E-state index contributed by atoms with van der Waals surface area (Å²) in [5, 5.41) is 17.6. The minimum absolute atomic E-state index is 0.132. The SMILES string of the molecule is COCc1cc(F)cc(B(O)O)c1. The molecule has 1 aromatic rings. The smallest absolute Gasteiger partial charge is 0.423 e. The third-order valence-corrected chi connectivity index (χ3v) is 1.59. The van der Waals surface area contributed by atoms with E-state index < -0.39 is 12.9 Å². The van der Waals surface area contributed by atoms with E-state index in [0.29, 0.717) is 5.56 Å². The minimum atomic E-state index is -1.65. The molecule has 0 aromatic heterocycles. The molecule has 0 fully saturated rings. The van der Waals surface area contributed by atoms with Crippen molar-refractivity contribution in [3.05, 3.63) is 29.6 Å². The van der Waals surface area contributed by atoms with E-state index in [4.69, 9.17) is 14.8 Å². The molecule has 0 unspecified atom stereocenters. The quantitative estimate of drug-likeness (QED) is 0.631. The van der Waals surface area contributed by atoms with Crippen molar-refractivity contribution < 1.29 is 19.2 Å². The molecule has 0 aliphatic heterocycles. The van der Waals surface area contributed by atoms with Gasteiger partial charge in [0.05, 0.1) is 6.61 Å². The van der Waals surface area contributed by atoms with Gasteiger partial charge in [0.25, 0.3) is 0 Å². The van der Waals surface area contributed by atoms with Crippen LogP contribution in [0.25, 0.3) is 0 Å². The van der Waals surface area contributed by atoms with E-state index in [9.17, 15) is 4.39 Å². The summed E-state index contributed by atoms with van der Waals surface area (Å²) in [5.41, 5.74) is 0.706. The molecule has 0 saturated carbocycles. The van der Waals surface area contributed by atoms with Gasteiger partial charge in [0.15, 0.2) is 0 Å². The first kappa shape index (κ1) is 10.2. The molecule has 1 rings (SSSR count). The molecule has 0 bridgehead atoms. The molecular weight excluding hydrogens is 174 g/mol. The Kier molecular flexibility index (Phi) is 3.42. The van der Waals surface area contributed by atoms with Crippen LogP contribution in [0.15, 0.2) is 18.2 Å². The summed E-state index contributed by atoms with van der Waals surface area (Å²) in [6.07, 6.45) is 0. The Morgan fingerprint density at radius 1 is 1.38 bits per heavy atom. The van der Waals surface area contributed by atoms with E-state index >= 15 is 0 Å². The number of halogens is 1. The highest BCUT2D eigenvalue weighted by molar-refractivity contribution is 6.58. The summed E-state index contributed by atoms with van der Waals surface area (Å²) in [6, 6.07) is 3.84. The predicted molar refractivity (Wildman–Crippen MR) is 46.9 cm³/mol. The van der Waals surface area contributed by atoms with Crippen molar-refractivity contribution in [2.24, 2.45) is 0 Å². The first-order chi connectivity index (χ1) is 6.13. The van der Waals surface area contributed by atoms with Crippen LogP contribution in [0.3, 0.4) is 0 Å². The van der Waals surface area contributed by atoms with Crippen molar-refractivity contribution in [2.75, 3.05) is 7.11 Å². The number of hydrogen-bond donors (Lipinski definition) is 2. The summed E-state index contributed by atoms with van der Waals surface area (Å²) < 4.78 is 17.6. The fourth-order valence-electron chi connectivity index (χ4n) is 1.07. The highest BCUT2D eigenvalue weighted by atomic mass is 19.1. The standard InChI is InChI=1S/C8H10BFO3/c1-13-5-6-2-7(9(11)12)4-8(10)3-6/h2-4,11-12H,5H2,1H3. The van der Waals surface area contributed by atoms with Gasteiger partial charge in [0.2, 0.25) is 0 Å². The molecular formula is C8H10BFO3. The molecule has 3 nitrogen and oxygen atoms in total. The molecule has 0 aliphatic rings. The van der Waals surface area contributed by atoms with Crippen LogP contribution in [0.5, 0.6) is 0 Å². The third kappa shape index (κ3) is 2.80. The molecule has 1 aromatic carbocycles. The Hall–Kier alpha value is -0.905. The zero-order valence-electron chi connectivity index (χ0n) is 7.20. The molecule has 5 heteroatoms. The van der Waals surface area contributed by atoms with E-state index in [-0.39, 0.29) is 12.1 Å². The Labute approximate surface area is 75.9 Å². The lowest BCUT2D eigenvalue weighted by Gasteiger charge is -2.04. The zero-order chi connectivity index (χ0) is 9.84. The Balaban J connectivity index is 2.96. The van der Waals surface area contributed by atoms with Gasteiger partial charge in [-0.1, -0.05) is 6.07 Å². The van der Waals surface area contributed by atoms with Gasteiger partial charge in [-0.15, -0.1) is 0 Å². The molecule has 0 aliphatic carbocycles. The highest BCUT2D eigenvalue weighted by Crippen LogP contribution is 2.03. The Bertz CT molecular complexity index is 291. The number of methoxy groups -OCH3 is 1. The van der Waals surface area contributed by atoms with Gasteiger partial charge in [0.1, 0.15) is 5.82 Å². The van der Waals surface area contributed by atoms with Crippen LogP contribution in [-0.4, -0.2) is 24.3 Å². The summed E-state index contributed by atoms with van der Waals surface area (Å²) in [5.74, 6) is -0.502. The molecule has 70 valence electrons. The molecule has 13 heavy (non-hydrogen) atoms. The van der Waals surface area contributed by atoms with Crippen molar-refractivity contribution in [3.8, 4) is 0 Å². The molecule has 0 amide bonds. The van der Waals surface area contributed by atoms with Gasteiger partial charge in [-0.3, -0.25) is 0 Å². The van der Waals surface area contributed by atoms with Gasteiger partial charge >= 0.3 is 7.12 Å². The molecule has 0 atom stereocenters. The number of benzene rings is 1. The van der Waals surface area contributed by atoms with Crippen molar-refractivity contribution >= 4 is 12.6 Å². The van der Waals surface area contributed by atoms with Crippen LogP contribution < -0.4 is 5.46 Å². The van der Waals surface area contributed by atoms with Gasteiger partial charge in [-0.05, 0) is 23.2 Å². The topological polar surface area (TPSA) is 49.7 Å². The summed E-state index contributed by atoms with van der Waals surface area (Å²) >= 11 is 0. The predicted octanol–water partition coefficient (Wildman–Crippen LogP) is -0.348. The number of hydrogen-bond acceptors (Lipinski definition) is 3. The summed E-state index contributed by atoms with van der Waals surface area (Å²) in [6.45, 7) is 0.247. The van der Waals surface area contributed by atoms with E-state index in [2.05, 4.69) is 0 Å². The van der Waals surface area contributed by atoms with Crippen molar-refractivity contribution in [2.45, 2.75) is 6.61 Å². The third-order valence-electron chi connectivity index (χ3n) is 1.59. The average molecular weight is 184 g/mol. The second-order valence-corrected chi connectivity index (χ2v) is 2.70. The normalized spacial score (nSPS) is 10.2. The van der Waals surface area contributed by atoms with Crippen molar-refractivity contribution in [1.29, 1.82) is 0 Å². The van der Waals surface area contributed by atoms with E-state index in [0.717, 1.165) is 6.07 Å². The molecule has 0 spiro atoms. The van der Waals surface area contributed by atoms with Crippen LogP contribution >= 0.6 is 0 Å². The van der Waals surface area contributed by atoms with Gasteiger partial charge < -0.3 is 14.8 Å². The fraction of sp³-hybridized carbons (Fsp3) is 0.250. The van der Waals surface area contributed by atoms with E-state index in [1.54, 1.807) is 0 Å². The van der Waals surface area contributed by atoms with Crippen molar-refractivity contribution in [3.63, 3.8) is 0 Å². The maximum atomic E-state index is 12.8. The lowest BCUT2D eigenvalue weighted by molar-refractivity contribution is 0.184. The molecule has 0 saturated heterocycles. The van der Waals surface area contributed by atoms with Crippen LogP contribution in [0, 0.1) is 5.82 Å². The van der Waals surface area contributed by atoms with Crippen molar-refractivity contribution in [1.82, 2.24) is 0 Å². The van der Waals surface area contributed by atoms with Gasteiger partial charge in [0, 0.05) is 7.11 Å². The number of rotatable bonds is 3. The Morgan fingerprint density at radius 3 is 2.62 bits per heavy atom. The molecule has 0 radical (unpaired) electrons. The van der Waals surface area contributed by atoms with Gasteiger partial charge in [-0.2, -0.15) is 0 Å². The highest BCUT2D eigenvalue weighted by Gasteiger charge is 2.12. The minimum Gasteiger partial charge on any atom is -0.423 e. The van der Waals surface area contributed by atoms with Crippen LogP contribution in [-0.2, 0) is 11.3 Å². The first-order valence-electron chi connectivity index (χ1n) is 3.78. The first-order valence-corrected chi connectivity index (χ1v) is 3.78. The Morgan fingerprint density at radius 2 is 2.08 bits per heavy atom. The molecule has 2 N–H and O–H groups in total. The van der Waals surface area contributed by atoms with Crippen LogP contribution in [0.2, 0.25) is 0 Å². The second-order valence-electron chi connectivity index (χ2n) is 2.70. The maximum Gasteiger partial charge on any atom is 0.488 e. The molecule has 0 heterocycles. The van der Waals surface area contributed by atoms with Crippen LogP contribution in [0.4, 0.5) is 4.39 Å². The monoisotopic (exact) mass is 184 g/mol. The lowest BCUT2D eigenvalue weighted by atomic mass is 9.79. The number of ether oxygens (including phenoxy) is 1. The lowest BCUT2D eigenvalue weighted by Crippen LogP contribution is -2.30. The van der Waals surface area contributed by atoms with Gasteiger partial charge in [-0.25, -0.2) is 4.39 Å². The fourth-order valence-corrected chi connectivity index (χ4v) is 1.07. The largest absolute Gasteiger partial charge is 0.488 e. The summed E-state index contributed by atoms with van der Waals surface area (Å²) in [7, 11) is -0.161. The maximum absolute atomic E-state index is 12.8. The second kappa shape index (κ2) is 4.36. The average Bonchev–Trinajstić information content (AvgIpc) is 2.03. The summed E-state index contributed by atoms with van der Waals surface area (Å²) in [4.78, 5) is 0. The van der Waals surface area contributed by atoms with Crippen LogP contribution in [0.1, 0.15) is 5.56 Å². The van der Waals surface area contributed by atoms with E-state index in [1.807, 2.05) is 0 Å². The zero-order valence-corrected chi connectivity index (χ0v) is 7.20. The van der Waals surface area contributed by atoms with E-state index in [1.165, 1.54) is 19.2 Å².